The van der Waals surface area contributed by atoms with Gasteiger partial charge < -0.3 is 4.74 Å². The summed E-state index contributed by atoms with van der Waals surface area (Å²) in [5.74, 6) is -0.361. The van der Waals surface area contributed by atoms with Crippen molar-refractivity contribution in [2.24, 2.45) is 0 Å². The van der Waals surface area contributed by atoms with Crippen LogP contribution in [0.1, 0.15) is 15.9 Å². The molecule has 2 aromatic carbocycles. The van der Waals surface area contributed by atoms with Crippen molar-refractivity contribution in [1.82, 2.24) is 9.78 Å². The number of methoxy groups -OCH3 is 1. The predicted octanol–water partition coefficient (Wildman–Crippen LogP) is 3.63. The minimum absolute atomic E-state index is 0.361. The summed E-state index contributed by atoms with van der Waals surface area (Å²) in [5, 5.41) is 5.19. The molecule has 3 aromatic rings. The molecule has 0 saturated carbocycles. The summed E-state index contributed by atoms with van der Waals surface area (Å²) in [6, 6.07) is 13.8. The summed E-state index contributed by atoms with van der Waals surface area (Å²) in [7, 11) is 1.38. The fraction of sp³-hybridized carbons (Fsp3) is 0.125. The van der Waals surface area contributed by atoms with Crippen molar-refractivity contribution in [3.05, 3.63) is 64.3 Å². The fourth-order valence-electron chi connectivity index (χ4n) is 2.30. The molecular formula is C16H13BrN2O2. The van der Waals surface area contributed by atoms with Crippen molar-refractivity contribution in [3.63, 3.8) is 0 Å². The van der Waals surface area contributed by atoms with Crippen molar-refractivity contribution in [2.45, 2.75) is 6.54 Å². The number of nitrogens with zero attached hydrogens (tertiary/aromatic N) is 2. The molecule has 4 nitrogen and oxygen atoms in total. The molecule has 0 atom stereocenters. The highest BCUT2D eigenvalue weighted by Gasteiger charge is 2.15. The van der Waals surface area contributed by atoms with Crippen LogP contribution in [0.2, 0.25) is 0 Å². The molecule has 0 bridgehead atoms. The zero-order chi connectivity index (χ0) is 14.8. The lowest BCUT2D eigenvalue weighted by Crippen LogP contribution is -2.03. The number of carbonyl (C=O) groups excluding carboxylic acids is 1. The van der Waals surface area contributed by atoms with E-state index in [9.17, 15) is 4.79 Å². The van der Waals surface area contributed by atoms with E-state index in [-0.39, 0.29) is 5.97 Å². The van der Waals surface area contributed by atoms with E-state index in [0.29, 0.717) is 12.1 Å². The minimum Gasteiger partial charge on any atom is -0.465 e. The standard InChI is InChI=1S/C16H13BrN2O2/c1-21-16(20)13-7-12(17)8-15-14(13)9-18-19(15)10-11-5-3-2-4-6-11/h2-9H,10H2,1H3. The number of carbonyl (C=O) groups is 1. The molecule has 106 valence electrons. The smallest absolute Gasteiger partial charge is 0.338 e. The second kappa shape index (κ2) is 5.69. The Morgan fingerprint density at radius 2 is 2.05 bits per heavy atom. The summed E-state index contributed by atoms with van der Waals surface area (Å²) in [5.41, 5.74) is 2.57. The van der Waals surface area contributed by atoms with Crippen LogP contribution in [0.25, 0.3) is 10.9 Å². The second-order valence-electron chi connectivity index (χ2n) is 4.67. The van der Waals surface area contributed by atoms with E-state index in [1.54, 1.807) is 12.3 Å². The lowest BCUT2D eigenvalue weighted by atomic mass is 10.1. The number of ether oxygens (including phenoxy) is 1. The zero-order valence-corrected chi connectivity index (χ0v) is 13.0. The van der Waals surface area contributed by atoms with Crippen LogP contribution in [0, 0.1) is 0 Å². The molecule has 5 heteroatoms. The molecule has 0 aliphatic carbocycles. The molecule has 21 heavy (non-hydrogen) atoms. The monoisotopic (exact) mass is 344 g/mol. The van der Waals surface area contributed by atoms with Crippen LogP contribution in [0.5, 0.6) is 0 Å². The number of fused-ring (bicyclic) bond motifs is 1. The molecule has 0 unspecified atom stereocenters. The summed E-state index contributed by atoms with van der Waals surface area (Å²) in [4.78, 5) is 11.9. The van der Waals surface area contributed by atoms with Gasteiger partial charge in [-0.15, -0.1) is 0 Å². The van der Waals surface area contributed by atoms with Gasteiger partial charge in [-0.1, -0.05) is 46.3 Å². The maximum absolute atomic E-state index is 11.9. The van der Waals surface area contributed by atoms with Gasteiger partial charge in [-0.05, 0) is 17.7 Å². The summed E-state index contributed by atoms with van der Waals surface area (Å²) >= 11 is 3.44. The summed E-state index contributed by atoms with van der Waals surface area (Å²) in [6.45, 7) is 0.654. The van der Waals surface area contributed by atoms with Crippen LogP contribution in [0.3, 0.4) is 0 Å². The van der Waals surface area contributed by atoms with E-state index < -0.39 is 0 Å². The molecule has 0 spiro atoms. The fourth-order valence-corrected chi connectivity index (χ4v) is 2.75. The van der Waals surface area contributed by atoms with Crippen molar-refractivity contribution < 1.29 is 9.53 Å². The van der Waals surface area contributed by atoms with Gasteiger partial charge in [-0.3, -0.25) is 4.68 Å². The highest BCUT2D eigenvalue weighted by molar-refractivity contribution is 9.10. The Morgan fingerprint density at radius 3 is 2.76 bits per heavy atom. The van der Waals surface area contributed by atoms with Gasteiger partial charge in [0.05, 0.1) is 30.9 Å². The average molecular weight is 345 g/mol. The van der Waals surface area contributed by atoms with Gasteiger partial charge in [0.2, 0.25) is 0 Å². The Morgan fingerprint density at radius 1 is 1.29 bits per heavy atom. The first kappa shape index (κ1) is 13.8. The third-order valence-electron chi connectivity index (χ3n) is 3.31. The Bertz CT molecular complexity index is 797. The largest absolute Gasteiger partial charge is 0.465 e. The molecule has 0 N–H and O–H groups in total. The maximum Gasteiger partial charge on any atom is 0.338 e. The van der Waals surface area contributed by atoms with Crippen LogP contribution in [0.15, 0.2) is 53.1 Å². The van der Waals surface area contributed by atoms with E-state index in [2.05, 4.69) is 21.0 Å². The molecule has 0 amide bonds. The van der Waals surface area contributed by atoms with Crippen LogP contribution >= 0.6 is 15.9 Å². The Balaban J connectivity index is 2.10. The second-order valence-corrected chi connectivity index (χ2v) is 5.58. The number of hydrogen-bond donors (Lipinski definition) is 0. The molecule has 0 fully saturated rings. The van der Waals surface area contributed by atoms with E-state index in [1.807, 2.05) is 41.1 Å². The lowest BCUT2D eigenvalue weighted by molar-refractivity contribution is 0.0603. The van der Waals surface area contributed by atoms with Crippen LogP contribution in [-0.4, -0.2) is 22.9 Å². The van der Waals surface area contributed by atoms with Gasteiger partial charge in [0.1, 0.15) is 0 Å². The SMILES string of the molecule is COC(=O)c1cc(Br)cc2c1cnn2Cc1ccccc1. The van der Waals surface area contributed by atoms with Crippen LogP contribution in [-0.2, 0) is 11.3 Å². The third kappa shape index (κ3) is 2.69. The number of halogens is 1. The first-order valence-electron chi connectivity index (χ1n) is 6.46. The first-order chi connectivity index (χ1) is 10.2. The molecule has 3 rings (SSSR count). The number of esters is 1. The van der Waals surface area contributed by atoms with E-state index in [1.165, 1.54) is 7.11 Å². The number of hydrogen-bond acceptors (Lipinski definition) is 3. The van der Waals surface area contributed by atoms with Gasteiger partial charge >= 0.3 is 5.97 Å². The molecule has 1 heterocycles. The highest BCUT2D eigenvalue weighted by Crippen LogP contribution is 2.25. The minimum atomic E-state index is -0.361. The maximum atomic E-state index is 11.9. The molecule has 0 aliphatic rings. The Hall–Kier alpha value is -2.14. The number of rotatable bonds is 3. The van der Waals surface area contributed by atoms with Gasteiger partial charge in [0.25, 0.3) is 0 Å². The number of benzene rings is 2. The molecule has 0 aliphatic heterocycles. The first-order valence-corrected chi connectivity index (χ1v) is 7.25. The van der Waals surface area contributed by atoms with E-state index in [0.717, 1.165) is 20.9 Å². The van der Waals surface area contributed by atoms with E-state index in [4.69, 9.17) is 4.74 Å². The van der Waals surface area contributed by atoms with E-state index >= 15 is 0 Å². The number of aromatic nitrogens is 2. The van der Waals surface area contributed by atoms with Crippen molar-refractivity contribution >= 4 is 32.8 Å². The van der Waals surface area contributed by atoms with Gasteiger partial charge in [-0.2, -0.15) is 5.10 Å². The average Bonchev–Trinajstić information content (AvgIpc) is 2.89. The quantitative estimate of drug-likeness (QED) is 0.681. The molecular weight excluding hydrogens is 332 g/mol. The van der Waals surface area contributed by atoms with Crippen LogP contribution in [0.4, 0.5) is 0 Å². The molecule has 0 radical (unpaired) electrons. The van der Waals surface area contributed by atoms with Gasteiger partial charge in [0.15, 0.2) is 0 Å². The predicted molar refractivity (Wildman–Crippen MR) is 84.3 cm³/mol. The summed E-state index contributed by atoms with van der Waals surface area (Å²) in [6.07, 6.45) is 1.71. The highest BCUT2D eigenvalue weighted by atomic mass is 79.9. The topological polar surface area (TPSA) is 44.1 Å². The van der Waals surface area contributed by atoms with Gasteiger partial charge in [0, 0.05) is 9.86 Å². The zero-order valence-electron chi connectivity index (χ0n) is 11.4. The van der Waals surface area contributed by atoms with Crippen molar-refractivity contribution in [3.8, 4) is 0 Å². The lowest BCUT2D eigenvalue weighted by Gasteiger charge is -2.06. The van der Waals surface area contributed by atoms with Crippen molar-refractivity contribution in [2.75, 3.05) is 7.11 Å². The van der Waals surface area contributed by atoms with Gasteiger partial charge in [-0.25, -0.2) is 4.79 Å². The van der Waals surface area contributed by atoms with Crippen LogP contribution < -0.4 is 0 Å². The Labute approximate surface area is 130 Å². The third-order valence-corrected chi connectivity index (χ3v) is 3.77. The Kier molecular flexibility index (Phi) is 3.75. The molecule has 0 saturated heterocycles. The normalized spacial score (nSPS) is 10.8. The summed E-state index contributed by atoms with van der Waals surface area (Å²) < 4.78 is 7.53. The molecule has 1 aromatic heterocycles. The van der Waals surface area contributed by atoms with Crippen molar-refractivity contribution in [1.29, 1.82) is 0 Å².